The van der Waals surface area contributed by atoms with Gasteiger partial charge in [-0.05, 0) is 38.7 Å². The molecule has 0 radical (unpaired) electrons. The number of hydrogen-bond acceptors (Lipinski definition) is 3. The third-order valence-electron chi connectivity index (χ3n) is 2.24. The van der Waals surface area contributed by atoms with Crippen molar-refractivity contribution in [3.63, 3.8) is 0 Å². The molecule has 0 aliphatic carbocycles. The molecule has 100 valence electrons. The molecule has 0 heterocycles. The number of nitrogens with one attached hydrogen (secondary N) is 1. The van der Waals surface area contributed by atoms with E-state index in [9.17, 15) is 9.59 Å². The van der Waals surface area contributed by atoms with Gasteiger partial charge in [0.2, 0.25) is 0 Å². The first kappa shape index (κ1) is 16.1. The van der Waals surface area contributed by atoms with Crippen LogP contribution in [0.1, 0.15) is 26.7 Å². The molecule has 17 heavy (non-hydrogen) atoms. The number of unbranched alkanes of at least 4 members (excludes halogenated alkanes) is 1. The fourth-order valence-corrected chi connectivity index (χ4v) is 1.80. The summed E-state index contributed by atoms with van der Waals surface area (Å²) >= 11 is 1.78. The Balaban J connectivity index is 3.94. The van der Waals surface area contributed by atoms with E-state index in [2.05, 4.69) is 5.32 Å². The number of hydrogen-bond donors (Lipinski definition) is 2. The first-order chi connectivity index (χ1) is 7.99. The van der Waals surface area contributed by atoms with Gasteiger partial charge >= 0.3 is 12.0 Å². The smallest absolute Gasteiger partial charge is 0.323 e. The van der Waals surface area contributed by atoms with Gasteiger partial charge in [0.1, 0.15) is 6.54 Å². The third kappa shape index (κ3) is 7.90. The van der Waals surface area contributed by atoms with Gasteiger partial charge in [0.15, 0.2) is 0 Å². The van der Waals surface area contributed by atoms with Crippen molar-refractivity contribution in [3.8, 4) is 0 Å². The maximum Gasteiger partial charge on any atom is 0.323 e. The summed E-state index contributed by atoms with van der Waals surface area (Å²) in [7, 11) is 0. The average Bonchev–Trinajstić information content (AvgIpc) is 2.24. The molecule has 0 spiro atoms. The molecule has 0 aliphatic heterocycles. The van der Waals surface area contributed by atoms with E-state index in [-0.39, 0.29) is 18.6 Å². The molecular weight excluding hydrogens is 240 g/mol. The number of nitrogens with zero attached hydrogens (tertiary/aromatic N) is 1. The molecule has 0 aromatic carbocycles. The second-order valence-corrected chi connectivity index (χ2v) is 5.03. The van der Waals surface area contributed by atoms with Crippen molar-refractivity contribution in [3.05, 3.63) is 0 Å². The van der Waals surface area contributed by atoms with Crippen LogP contribution in [-0.2, 0) is 4.79 Å². The highest BCUT2D eigenvalue weighted by Crippen LogP contribution is 2.00. The number of aliphatic carboxylic acids is 1. The van der Waals surface area contributed by atoms with Gasteiger partial charge in [-0.1, -0.05) is 0 Å². The molecule has 0 aliphatic rings. The molecule has 0 saturated heterocycles. The lowest BCUT2D eigenvalue weighted by Crippen LogP contribution is -2.46. The number of amides is 2. The van der Waals surface area contributed by atoms with Crippen LogP contribution in [0.25, 0.3) is 0 Å². The lowest BCUT2D eigenvalue weighted by atomic mass is 10.3. The van der Waals surface area contributed by atoms with E-state index in [1.807, 2.05) is 6.26 Å². The predicted octanol–water partition coefficient (Wildman–Crippen LogP) is 1.63. The van der Waals surface area contributed by atoms with Gasteiger partial charge in [0, 0.05) is 12.6 Å². The van der Waals surface area contributed by atoms with Crippen molar-refractivity contribution in [1.29, 1.82) is 0 Å². The molecule has 5 nitrogen and oxygen atoms in total. The number of carboxylic acid groups (broad SMARTS) is 1. The SMILES string of the molecule is CSCCCCNC(=O)N(CC(=O)O)C(C)C. The quantitative estimate of drug-likeness (QED) is 0.652. The Kier molecular flexibility index (Phi) is 8.66. The molecule has 0 bridgehead atoms. The van der Waals surface area contributed by atoms with Crippen LogP contribution in [0.3, 0.4) is 0 Å². The van der Waals surface area contributed by atoms with Crippen LogP contribution in [0, 0.1) is 0 Å². The van der Waals surface area contributed by atoms with Crippen LogP contribution < -0.4 is 5.32 Å². The van der Waals surface area contributed by atoms with E-state index in [0.717, 1.165) is 18.6 Å². The number of carbonyl (C=O) groups is 2. The summed E-state index contributed by atoms with van der Waals surface area (Å²) in [6.07, 6.45) is 4.03. The third-order valence-corrected chi connectivity index (χ3v) is 2.94. The molecule has 0 fully saturated rings. The minimum Gasteiger partial charge on any atom is -0.480 e. The molecule has 0 rings (SSSR count). The minimum atomic E-state index is -0.990. The zero-order valence-electron chi connectivity index (χ0n) is 10.7. The summed E-state index contributed by atoms with van der Waals surface area (Å²) in [5, 5.41) is 11.4. The highest BCUT2D eigenvalue weighted by atomic mass is 32.2. The number of urea groups is 1. The summed E-state index contributed by atoms with van der Waals surface area (Å²) in [4.78, 5) is 23.6. The summed E-state index contributed by atoms with van der Waals surface area (Å²) in [6, 6.07) is -0.413. The van der Waals surface area contributed by atoms with Crippen molar-refractivity contribution in [2.75, 3.05) is 25.1 Å². The predicted molar refractivity (Wildman–Crippen MR) is 70.5 cm³/mol. The Morgan fingerprint density at radius 3 is 2.47 bits per heavy atom. The van der Waals surface area contributed by atoms with E-state index in [0.29, 0.717) is 6.54 Å². The Hall–Kier alpha value is -0.910. The van der Waals surface area contributed by atoms with Crippen molar-refractivity contribution in [2.45, 2.75) is 32.7 Å². The number of thioether (sulfide) groups is 1. The summed E-state index contributed by atoms with van der Waals surface area (Å²) in [5.41, 5.74) is 0. The van der Waals surface area contributed by atoms with Crippen LogP contribution >= 0.6 is 11.8 Å². The lowest BCUT2D eigenvalue weighted by molar-refractivity contribution is -0.138. The largest absolute Gasteiger partial charge is 0.480 e. The van der Waals surface area contributed by atoms with Gasteiger partial charge in [-0.2, -0.15) is 11.8 Å². The van der Waals surface area contributed by atoms with Crippen molar-refractivity contribution in [2.24, 2.45) is 0 Å². The van der Waals surface area contributed by atoms with Crippen LogP contribution in [0.2, 0.25) is 0 Å². The van der Waals surface area contributed by atoms with Crippen LogP contribution in [-0.4, -0.2) is 53.1 Å². The molecule has 6 heteroatoms. The molecule has 2 N–H and O–H groups in total. The van der Waals surface area contributed by atoms with Gasteiger partial charge in [-0.25, -0.2) is 4.79 Å². The fourth-order valence-electron chi connectivity index (χ4n) is 1.30. The topological polar surface area (TPSA) is 69.6 Å². The molecule has 0 aromatic heterocycles. The first-order valence-electron chi connectivity index (χ1n) is 5.74. The zero-order valence-corrected chi connectivity index (χ0v) is 11.5. The fraction of sp³-hybridized carbons (Fsp3) is 0.818. The number of carboxylic acids is 1. The highest BCUT2D eigenvalue weighted by molar-refractivity contribution is 7.98. The van der Waals surface area contributed by atoms with E-state index in [1.54, 1.807) is 25.6 Å². The van der Waals surface area contributed by atoms with Crippen molar-refractivity contribution >= 4 is 23.8 Å². The van der Waals surface area contributed by atoms with Gasteiger partial charge in [0.05, 0.1) is 0 Å². The molecule has 0 saturated carbocycles. The molecule has 0 atom stereocenters. The van der Waals surface area contributed by atoms with Gasteiger partial charge in [-0.3, -0.25) is 4.79 Å². The van der Waals surface area contributed by atoms with Crippen molar-refractivity contribution < 1.29 is 14.7 Å². The van der Waals surface area contributed by atoms with Crippen LogP contribution in [0.15, 0.2) is 0 Å². The summed E-state index contributed by atoms with van der Waals surface area (Å²) in [5.74, 6) is 0.0926. The zero-order chi connectivity index (χ0) is 13.3. The van der Waals surface area contributed by atoms with E-state index < -0.39 is 5.97 Å². The van der Waals surface area contributed by atoms with Crippen LogP contribution in [0.4, 0.5) is 4.79 Å². The lowest BCUT2D eigenvalue weighted by Gasteiger charge is -2.25. The van der Waals surface area contributed by atoms with Gasteiger partial charge in [0.25, 0.3) is 0 Å². The average molecular weight is 262 g/mol. The molecule has 2 amide bonds. The summed E-state index contributed by atoms with van der Waals surface area (Å²) < 4.78 is 0. The second kappa shape index (κ2) is 9.15. The number of carbonyl (C=O) groups excluding carboxylic acids is 1. The van der Waals surface area contributed by atoms with E-state index >= 15 is 0 Å². The maximum absolute atomic E-state index is 11.7. The normalized spacial score (nSPS) is 10.4. The highest BCUT2D eigenvalue weighted by Gasteiger charge is 2.18. The van der Waals surface area contributed by atoms with Crippen LogP contribution in [0.5, 0.6) is 0 Å². The molecular formula is C11H22N2O3S. The summed E-state index contributed by atoms with van der Waals surface area (Å²) in [6.45, 7) is 3.95. The second-order valence-electron chi connectivity index (χ2n) is 4.05. The van der Waals surface area contributed by atoms with Gasteiger partial charge in [-0.15, -0.1) is 0 Å². The Bertz CT molecular complexity index is 247. The van der Waals surface area contributed by atoms with E-state index in [4.69, 9.17) is 5.11 Å². The van der Waals surface area contributed by atoms with E-state index in [1.165, 1.54) is 4.90 Å². The maximum atomic E-state index is 11.7. The Morgan fingerprint density at radius 1 is 1.35 bits per heavy atom. The molecule has 0 unspecified atom stereocenters. The monoisotopic (exact) mass is 262 g/mol. The minimum absolute atomic E-state index is 0.114. The van der Waals surface area contributed by atoms with Crippen molar-refractivity contribution in [1.82, 2.24) is 10.2 Å². The first-order valence-corrected chi connectivity index (χ1v) is 7.13. The Morgan fingerprint density at radius 2 is 2.00 bits per heavy atom. The Labute approximate surface area is 107 Å². The molecule has 0 aromatic rings. The van der Waals surface area contributed by atoms with Gasteiger partial charge < -0.3 is 15.3 Å². The number of rotatable bonds is 8. The standard InChI is InChI=1S/C11H22N2O3S/c1-9(2)13(8-10(14)15)11(16)12-6-4-5-7-17-3/h9H,4-8H2,1-3H3,(H,12,16)(H,14,15).